The summed E-state index contributed by atoms with van der Waals surface area (Å²) >= 11 is 0. The maximum Gasteiger partial charge on any atom is 0.416 e. The van der Waals surface area contributed by atoms with Crippen molar-refractivity contribution in [2.75, 3.05) is 7.05 Å². The summed E-state index contributed by atoms with van der Waals surface area (Å²) < 4.78 is 37.2. The van der Waals surface area contributed by atoms with Gasteiger partial charge in [-0.05, 0) is 26.0 Å². The second kappa shape index (κ2) is 5.29. The minimum absolute atomic E-state index is 0.0678. The largest absolute Gasteiger partial charge is 0.416 e. The number of nitrogens with zero attached hydrogens (tertiary/aromatic N) is 2. The highest BCUT2D eigenvalue weighted by atomic mass is 19.4. The number of hydrogen-bond donors (Lipinski definition) is 1. The smallest absolute Gasteiger partial charge is 0.409 e. The van der Waals surface area contributed by atoms with Crippen LogP contribution in [0.15, 0.2) is 29.4 Å². The SMILES string of the molecule is CC(C)N(C)/C(=N/O)c1ccc(C(F)(F)F)cc1. The first-order chi connectivity index (χ1) is 8.27. The quantitative estimate of drug-likeness (QED) is 0.383. The van der Waals surface area contributed by atoms with E-state index in [1.165, 1.54) is 12.1 Å². The summed E-state index contributed by atoms with van der Waals surface area (Å²) in [6.45, 7) is 3.77. The summed E-state index contributed by atoms with van der Waals surface area (Å²) in [5.74, 6) is 0.235. The molecule has 0 spiro atoms. The van der Waals surface area contributed by atoms with Gasteiger partial charge in [0, 0.05) is 18.7 Å². The van der Waals surface area contributed by atoms with Crippen LogP contribution in [0.4, 0.5) is 13.2 Å². The van der Waals surface area contributed by atoms with E-state index in [1.54, 1.807) is 11.9 Å². The Morgan fingerprint density at radius 2 is 1.72 bits per heavy atom. The van der Waals surface area contributed by atoms with Crippen molar-refractivity contribution in [1.29, 1.82) is 0 Å². The molecule has 1 rings (SSSR count). The van der Waals surface area contributed by atoms with Gasteiger partial charge >= 0.3 is 6.18 Å². The standard InChI is InChI=1S/C12H15F3N2O/c1-8(2)17(3)11(16-18)9-4-6-10(7-5-9)12(13,14)15/h4-8,18H,1-3H3/b16-11+. The molecule has 0 aliphatic rings. The second-order valence-corrected chi connectivity index (χ2v) is 4.20. The van der Waals surface area contributed by atoms with E-state index < -0.39 is 11.7 Å². The van der Waals surface area contributed by atoms with E-state index in [4.69, 9.17) is 5.21 Å². The van der Waals surface area contributed by atoms with Crippen LogP contribution in [-0.4, -0.2) is 29.0 Å². The molecule has 0 saturated heterocycles. The number of oxime groups is 1. The van der Waals surface area contributed by atoms with Gasteiger partial charge in [0.1, 0.15) is 0 Å². The number of halogens is 3. The van der Waals surface area contributed by atoms with Crippen molar-refractivity contribution in [3.63, 3.8) is 0 Å². The van der Waals surface area contributed by atoms with E-state index in [1.807, 2.05) is 13.8 Å². The Morgan fingerprint density at radius 1 is 1.22 bits per heavy atom. The van der Waals surface area contributed by atoms with Crippen molar-refractivity contribution < 1.29 is 18.4 Å². The van der Waals surface area contributed by atoms with Crippen molar-refractivity contribution in [2.45, 2.75) is 26.1 Å². The third kappa shape index (κ3) is 3.15. The van der Waals surface area contributed by atoms with E-state index in [0.29, 0.717) is 5.56 Å². The first-order valence-electron chi connectivity index (χ1n) is 5.40. The lowest BCUT2D eigenvalue weighted by Gasteiger charge is -2.24. The van der Waals surface area contributed by atoms with Crippen LogP contribution in [0.3, 0.4) is 0 Å². The summed E-state index contributed by atoms with van der Waals surface area (Å²) in [6, 6.07) is 4.58. The van der Waals surface area contributed by atoms with Crippen LogP contribution in [0, 0.1) is 0 Å². The Balaban J connectivity index is 3.04. The fraction of sp³-hybridized carbons (Fsp3) is 0.417. The molecule has 0 aliphatic heterocycles. The number of alkyl halides is 3. The van der Waals surface area contributed by atoms with Gasteiger partial charge in [-0.1, -0.05) is 17.3 Å². The monoisotopic (exact) mass is 260 g/mol. The Bertz CT molecular complexity index is 424. The fourth-order valence-electron chi connectivity index (χ4n) is 1.38. The summed E-state index contributed by atoms with van der Waals surface area (Å²) in [4.78, 5) is 1.67. The van der Waals surface area contributed by atoms with Crippen LogP contribution in [0.5, 0.6) is 0 Å². The third-order valence-electron chi connectivity index (χ3n) is 2.67. The number of amidine groups is 1. The Hall–Kier alpha value is -1.72. The van der Waals surface area contributed by atoms with E-state index in [2.05, 4.69) is 5.16 Å². The Kier molecular flexibility index (Phi) is 4.21. The minimum atomic E-state index is -4.36. The van der Waals surface area contributed by atoms with Gasteiger partial charge in [0.2, 0.25) is 0 Å². The summed E-state index contributed by atoms with van der Waals surface area (Å²) in [5, 5.41) is 12.1. The van der Waals surface area contributed by atoms with Crippen LogP contribution >= 0.6 is 0 Å². The van der Waals surface area contributed by atoms with Crippen LogP contribution < -0.4 is 0 Å². The van der Waals surface area contributed by atoms with Crippen molar-refractivity contribution >= 4 is 5.84 Å². The average molecular weight is 260 g/mol. The highest BCUT2D eigenvalue weighted by molar-refractivity contribution is 5.98. The first kappa shape index (κ1) is 14.3. The number of rotatable bonds is 2. The molecular weight excluding hydrogens is 245 g/mol. The lowest BCUT2D eigenvalue weighted by atomic mass is 10.1. The van der Waals surface area contributed by atoms with Crippen molar-refractivity contribution in [3.05, 3.63) is 35.4 Å². The summed E-state index contributed by atoms with van der Waals surface area (Å²) in [6.07, 6.45) is -4.36. The zero-order valence-electron chi connectivity index (χ0n) is 10.4. The van der Waals surface area contributed by atoms with E-state index in [-0.39, 0.29) is 11.9 Å². The molecule has 0 atom stereocenters. The molecule has 1 aromatic rings. The predicted molar refractivity (Wildman–Crippen MR) is 62.7 cm³/mol. The molecule has 0 heterocycles. The Morgan fingerprint density at radius 3 is 2.06 bits per heavy atom. The van der Waals surface area contributed by atoms with Crippen molar-refractivity contribution in [3.8, 4) is 0 Å². The molecule has 0 fully saturated rings. The molecule has 3 nitrogen and oxygen atoms in total. The van der Waals surface area contributed by atoms with Crippen LogP contribution in [0.25, 0.3) is 0 Å². The molecule has 0 unspecified atom stereocenters. The summed E-state index contributed by atoms with van der Waals surface area (Å²) in [5.41, 5.74) is -0.294. The van der Waals surface area contributed by atoms with Gasteiger partial charge in [0.25, 0.3) is 0 Å². The predicted octanol–water partition coefficient (Wildman–Crippen LogP) is 3.18. The number of hydrogen-bond acceptors (Lipinski definition) is 2. The third-order valence-corrected chi connectivity index (χ3v) is 2.67. The fourth-order valence-corrected chi connectivity index (χ4v) is 1.38. The maximum atomic E-state index is 12.4. The van der Waals surface area contributed by atoms with Crippen molar-refractivity contribution in [1.82, 2.24) is 4.90 Å². The molecule has 0 aromatic heterocycles. The van der Waals surface area contributed by atoms with Gasteiger partial charge in [-0.25, -0.2) is 0 Å². The topological polar surface area (TPSA) is 35.8 Å². The molecule has 1 N–H and O–H groups in total. The molecule has 1 aromatic carbocycles. The summed E-state index contributed by atoms with van der Waals surface area (Å²) in [7, 11) is 1.71. The van der Waals surface area contributed by atoms with Gasteiger partial charge in [-0.2, -0.15) is 13.2 Å². The normalized spacial score (nSPS) is 12.9. The van der Waals surface area contributed by atoms with Gasteiger partial charge < -0.3 is 10.1 Å². The lowest BCUT2D eigenvalue weighted by molar-refractivity contribution is -0.137. The van der Waals surface area contributed by atoms with E-state index in [0.717, 1.165) is 12.1 Å². The van der Waals surface area contributed by atoms with E-state index in [9.17, 15) is 13.2 Å². The molecule has 0 bridgehead atoms. The first-order valence-corrected chi connectivity index (χ1v) is 5.40. The van der Waals surface area contributed by atoms with Gasteiger partial charge in [0.15, 0.2) is 5.84 Å². The van der Waals surface area contributed by atoms with Crippen LogP contribution in [0.2, 0.25) is 0 Å². The molecule has 100 valence electrons. The molecule has 18 heavy (non-hydrogen) atoms. The second-order valence-electron chi connectivity index (χ2n) is 4.20. The highest BCUT2D eigenvalue weighted by Crippen LogP contribution is 2.29. The van der Waals surface area contributed by atoms with Crippen molar-refractivity contribution in [2.24, 2.45) is 5.16 Å². The average Bonchev–Trinajstić information content (AvgIpc) is 2.29. The minimum Gasteiger partial charge on any atom is -0.409 e. The highest BCUT2D eigenvalue weighted by Gasteiger charge is 2.30. The number of benzene rings is 1. The van der Waals surface area contributed by atoms with Crippen LogP contribution in [-0.2, 0) is 6.18 Å². The van der Waals surface area contributed by atoms with Gasteiger partial charge in [-0.3, -0.25) is 0 Å². The van der Waals surface area contributed by atoms with Crippen LogP contribution in [0.1, 0.15) is 25.0 Å². The molecular formula is C12H15F3N2O. The zero-order valence-corrected chi connectivity index (χ0v) is 10.4. The Labute approximate surface area is 104 Å². The molecule has 0 amide bonds. The molecule has 0 saturated carbocycles. The zero-order chi connectivity index (χ0) is 13.9. The lowest BCUT2D eigenvalue weighted by Crippen LogP contribution is -2.33. The molecule has 0 aliphatic carbocycles. The van der Waals surface area contributed by atoms with E-state index >= 15 is 0 Å². The maximum absolute atomic E-state index is 12.4. The van der Waals surface area contributed by atoms with Gasteiger partial charge in [-0.15, -0.1) is 0 Å². The van der Waals surface area contributed by atoms with Gasteiger partial charge in [0.05, 0.1) is 5.56 Å². The molecule has 6 heteroatoms. The molecule has 0 radical (unpaired) electrons.